The van der Waals surface area contributed by atoms with Crippen LogP contribution in [0.1, 0.15) is 16.1 Å². The summed E-state index contributed by atoms with van der Waals surface area (Å²) >= 11 is 0. The van der Waals surface area contributed by atoms with Crippen molar-refractivity contribution in [1.29, 1.82) is 0 Å². The Hall–Kier alpha value is -3.40. The van der Waals surface area contributed by atoms with Crippen molar-refractivity contribution in [2.24, 2.45) is 0 Å². The van der Waals surface area contributed by atoms with Gasteiger partial charge in [-0.3, -0.25) is 4.79 Å². The average Bonchev–Trinajstić information content (AvgIpc) is 3.13. The molecule has 4 aromatic rings. The first kappa shape index (κ1) is 16.1. The Morgan fingerprint density at radius 1 is 0.846 bits per heavy atom. The van der Waals surface area contributed by atoms with Crippen molar-refractivity contribution in [2.45, 2.75) is 6.42 Å². The van der Waals surface area contributed by atoms with Crippen molar-refractivity contribution < 1.29 is 4.79 Å². The van der Waals surface area contributed by atoms with Gasteiger partial charge in [0.05, 0.1) is 0 Å². The molecule has 128 valence electrons. The van der Waals surface area contributed by atoms with Crippen LogP contribution < -0.4 is 5.32 Å². The third-order valence-corrected chi connectivity index (χ3v) is 4.33. The van der Waals surface area contributed by atoms with Gasteiger partial charge in [-0.25, -0.2) is 4.98 Å². The molecule has 1 amide bonds. The van der Waals surface area contributed by atoms with Gasteiger partial charge in [0.15, 0.2) is 0 Å². The number of hydrogen-bond acceptors (Lipinski definition) is 2. The van der Waals surface area contributed by atoms with E-state index in [0.717, 1.165) is 23.2 Å². The van der Waals surface area contributed by atoms with E-state index in [2.05, 4.69) is 34.6 Å². The first-order valence-electron chi connectivity index (χ1n) is 8.66. The van der Waals surface area contributed by atoms with Crippen LogP contribution in [0, 0.1) is 0 Å². The molecule has 26 heavy (non-hydrogen) atoms. The molecule has 0 spiro atoms. The van der Waals surface area contributed by atoms with E-state index in [1.54, 1.807) is 6.20 Å². The van der Waals surface area contributed by atoms with E-state index in [4.69, 9.17) is 0 Å². The van der Waals surface area contributed by atoms with Crippen LogP contribution in [0.4, 0.5) is 0 Å². The number of benzene rings is 2. The maximum Gasteiger partial charge on any atom is 0.271 e. The van der Waals surface area contributed by atoms with E-state index in [1.807, 2.05) is 59.1 Å². The number of nitrogens with zero attached hydrogens (tertiary/aromatic N) is 2. The largest absolute Gasteiger partial charge is 0.350 e. The van der Waals surface area contributed by atoms with Gasteiger partial charge in [0.1, 0.15) is 11.3 Å². The Balaban J connectivity index is 1.47. The quantitative estimate of drug-likeness (QED) is 0.597. The molecule has 2 aromatic carbocycles. The number of amides is 1. The molecule has 0 saturated carbocycles. The van der Waals surface area contributed by atoms with Crippen LogP contribution >= 0.6 is 0 Å². The summed E-state index contributed by atoms with van der Waals surface area (Å²) < 4.78 is 1.90. The van der Waals surface area contributed by atoms with Crippen LogP contribution in [0.15, 0.2) is 85.2 Å². The third-order valence-electron chi connectivity index (χ3n) is 4.33. The lowest BCUT2D eigenvalue weighted by atomic mass is 10.1. The van der Waals surface area contributed by atoms with E-state index in [1.165, 1.54) is 5.56 Å². The highest BCUT2D eigenvalue weighted by atomic mass is 16.1. The lowest BCUT2D eigenvalue weighted by Gasteiger charge is -2.03. The van der Waals surface area contributed by atoms with Gasteiger partial charge in [0, 0.05) is 18.9 Å². The molecule has 0 aliphatic heterocycles. The van der Waals surface area contributed by atoms with E-state index < -0.39 is 0 Å². The third kappa shape index (κ3) is 3.49. The molecule has 4 heteroatoms. The Morgan fingerprint density at radius 2 is 1.58 bits per heavy atom. The lowest BCUT2D eigenvalue weighted by molar-refractivity contribution is 0.0950. The second-order valence-electron chi connectivity index (χ2n) is 6.17. The summed E-state index contributed by atoms with van der Waals surface area (Å²) in [5.41, 5.74) is 4.62. The van der Waals surface area contributed by atoms with Crippen LogP contribution in [-0.4, -0.2) is 21.8 Å². The summed E-state index contributed by atoms with van der Waals surface area (Å²) in [5, 5.41) is 2.94. The van der Waals surface area contributed by atoms with Crippen molar-refractivity contribution >= 4 is 11.6 Å². The van der Waals surface area contributed by atoms with E-state index in [0.29, 0.717) is 12.2 Å². The summed E-state index contributed by atoms with van der Waals surface area (Å²) in [4.78, 5) is 16.8. The van der Waals surface area contributed by atoms with Crippen LogP contribution in [0.3, 0.4) is 0 Å². The summed E-state index contributed by atoms with van der Waals surface area (Å²) in [5.74, 6) is -0.147. The highest BCUT2D eigenvalue weighted by Crippen LogP contribution is 2.19. The number of pyridine rings is 1. The minimum Gasteiger partial charge on any atom is -0.350 e. The molecule has 4 nitrogen and oxygen atoms in total. The summed E-state index contributed by atoms with van der Waals surface area (Å²) in [7, 11) is 0. The molecule has 0 radical (unpaired) electrons. The van der Waals surface area contributed by atoms with E-state index >= 15 is 0 Å². The number of hydrogen-bond donors (Lipinski definition) is 1. The highest BCUT2D eigenvalue weighted by Gasteiger charge is 2.11. The summed E-state index contributed by atoms with van der Waals surface area (Å²) in [6, 6.07) is 24.2. The molecule has 0 atom stereocenters. The first-order valence-corrected chi connectivity index (χ1v) is 8.66. The summed E-state index contributed by atoms with van der Waals surface area (Å²) in [6.45, 7) is 0.589. The van der Waals surface area contributed by atoms with Crippen LogP contribution in [0.2, 0.25) is 0 Å². The van der Waals surface area contributed by atoms with Gasteiger partial charge in [0.25, 0.3) is 5.91 Å². The van der Waals surface area contributed by atoms with Crippen molar-refractivity contribution in [2.75, 3.05) is 6.54 Å². The SMILES string of the molecule is O=C(NCCc1ccccc1)c1cn2cc(-c3ccccc3)ccc2n1. The van der Waals surface area contributed by atoms with Crippen LogP contribution in [0.25, 0.3) is 16.8 Å². The molecular formula is C22H19N3O. The van der Waals surface area contributed by atoms with Crippen molar-refractivity contribution in [3.8, 4) is 11.1 Å². The van der Waals surface area contributed by atoms with Gasteiger partial charge < -0.3 is 9.72 Å². The molecule has 4 rings (SSSR count). The van der Waals surface area contributed by atoms with Crippen LogP contribution in [-0.2, 0) is 6.42 Å². The molecule has 0 fully saturated rings. The van der Waals surface area contributed by atoms with Gasteiger partial charge in [-0.05, 0) is 35.2 Å². The second kappa shape index (κ2) is 7.23. The van der Waals surface area contributed by atoms with Crippen molar-refractivity contribution in [3.63, 3.8) is 0 Å². The number of aromatic nitrogens is 2. The van der Waals surface area contributed by atoms with Gasteiger partial charge in [0.2, 0.25) is 0 Å². The zero-order valence-electron chi connectivity index (χ0n) is 14.3. The van der Waals surface area contributed by atoms with Gasteiger partial charge >= 0.3 is 0 Å². The maximum absolute atomic E-state index is 12.4. The zero-order chi connectivity index (χ0) is 17.8. The van der Waals surface area contributed by atoms with E-state index in [-0.39, 0.29) is 5.91 Å². The van der Waals surface area contributed by atoms with Crippen molar-refractivity contribution in [1.82, 2.24) is 14.7 Å². The lowest BCUT2D eigenvalue weighted by Crippen LogP contribution is -2.25. The minimum atomic E-state index is -0.147. The molecule has 0 aliphatic rings. The fraction of sp³-hybridized carbons (Fsp3) is 0.0909. The standard InChI is InChI=1S/C22H19N3O/c26-22(23-14-13-17-7-3-1-4-8-17)20-16-25-15-19(11-12-21(25)24-20)18-9-5-2-6-10-18/h1-12,15-16H,13-14H2,(H,23,26). The first-order chi connectivity index (χ1) is 12.8. The van der Waals surface area contributed by atoms with Crippen molar-refractivity contribution in [3.05, 3.63) is 96.4 Å². The molecule has 2 heterocycles. The molecule has 0 bridgehead atoms. The molecule has 2 aromatic heterocycles. The fourth-order valence-electron chi connectivity index (χ4n) is 2.96. The Bertz CT molecular complexity index is 1020. The summed E-state index contributed by atoms with van der Waals surface area (Å²) in [6.07, 6.45) is 4.58. The number of nitrogens with one attached hydrogen (secondary N) is 1. The maximum atomic E-state index is 12.4. The molecule has 1 N–H and O–H groups in total. The number of rotatable bonds is 5. The van der Waals surface area contributed by atoms with Gasteiger partial charge in [-0.15, -0.1) is 0 Å². The second-order valence-corrected chi connectivity index (χ2v) is 6.17. The Labute approximate surface area is 152 Å². The Morgan fingerprint density at radius 3 is 2.35 bits per heavy atom. The topological polar surface area (TPSA) is 46.4 Å². The molecule has 0 saturated heterocycles. The smallest absolute Gasteiger partial charge is 0.271 e. The molecule has 0 unspecified atom stereocenters. The number of fused-ring (bicyclic) bond motifs is 1. The average molecular weight is 341 g/mol. The number of carbonyl (C=O) groups is 1. The van der Waals surface area contributed by atoms with Gasteiger partial charge in [-0.2, -0.15) is 0 Å². The zero-order valence-corrected chi connectivity index (χ0v) is 14.3. The Kier molecular flexibility index (Phi) is 4.48. The minimum absolute atomic E-state index is 0.147. The number of carbonyl (C=O) groups excluding carboxylic acids is 1. The van der Waals surface area contributed by atoms with Gasteiger partial charge in [-0.1, -0.05) is 60.7 Å². The normalized spacial score (nSPS) is 10.8. The van der Waals surface area contributed by atoms with Crippen LogP contribution in [0.5, 0.6) is 0 Å². The van der Waals surface area contributed by atoms with E-state index in [9.17, 15) is 4.79 Å². The highest BCUT2D eigenvalue weighted by molar-refractivity contribution is 5.92. The predicted octanol–water partition coefficient (Wildman–Crippen LogP) is 3.97. The fourth-order valence-corrected chi connectivity index (χ4v) is 2.96. The monoisotopic (exact) mass is 341 g/mol. The number of imidazole rings is 1. The predicted molar refractivity (Wildman–Crippen MR) is 103 cm³/mol. The molecule has 0 aliphatic carbocycles. The molecular weight excluding hydrogens is 322 g/mol.